The van der Waals surface area contributed by atoms with Crippen molar-refractivity contribution >= 4 is 29.2 Å². The van der Waals surface area contributed by atoms with Crippen LogP contribution in [-0.4, -0.2) is 56.1 Å². The lowest BCUT2D eigenvalue weighted by Crippen LogP contribution is -2.47. The Morgan fingerprint density at radius 3 is 2.24 bits per heavy atom. The number of nitrogens with zero attached hydrogens (tertiary/aromatic N) is 8. The zero-order valence-electron chi connectivity index (χ0n) is 18.0. The number of pyridine rings is 1. The van der Waals surface area contributed by atoms with Gasteiger partial charge in [-0.3, -0.25) is 4.98 Å². The minimum absolute atomic E-state index is 0.451. The van der Waals surface area contributed by atoms with Crippen LogP contribution in [0, 0.1) is 0 Å². The molecule has 10 nitrogen and oxygen atoms in total. The molecule has 0 unspecified atom stereocenters. The van der Waals surface area contributed by atoms with E-state index in [9.17, 15) is 0 Å². The molecule has 0 aliphatic carbocycles. The molecule has 0 saturated carbocycles. The first-order chi connectivity index (χ1) is 16.2. The standard InChI is InChI=1S/C23H24N10/c24-19-11-20(15-25-14-19)30-21-28-16-29-23(31-21)33-8-6-32(7-9-33)22-26-12-18(13-27-22)10-17-4-2-1-3-5-17/h1-5,11-16H,6-10,24H2,(H,28,29,30,31). The van der Waals surface area contributed by atoms with Crippen LogP contribution < -0.4 is 20.9 Å². The molecule has 0 radical (unpaired) electrons. The predicted octanol–water partition coefficient (Wildman–Crippen LogP) is 2.30. The summed E-state index contributed by atoms with van der Waals surface area (Å²) in [6, 6.07) is 12.1. The molecule has 166 valence electrons. The monoisotopic (exact) mass is 440 g/mol. The fourth-order valence-electron chi connectivity index (χ4n) is 3.70. The summed E-state index contributed by atoms with van der Waals surface area (Å²) < 4.78 is 0. The fraction of sp³-hybridized carbons (Fsp3) is 0.217. The summed E-state index contributed by atoms with van der Waals surface area (Å²) in [5, 5.41) is 3.12. The molecule has 1 aliphatic heterocycles. The number of nitrogens with two attached hydrogens (primary N) is 1. The van der Waals surface area contributed by atoms with E-state index in [0.29, 0.717) is 17.6 Å². The molecule has 3 N–H and O–H groups in total. The van der Waals surface area contributed by atoms with Gasteiger partial charge in [-0.15, -0.1) is 0 Å². The zero-order chi connectivity index (χ0) is 22.5. The van der Waals surface area contributed by atoms with E-state index < -0.39 is 0 Å². The minimum Gasteiger partial charge on any atom is -0.397 e. The Bertz CT molecular complexity index is 1190. The van der Waals surface area contributed by atoms with E-state index in [-0.39, 0.29) is 0 Å². The highest BCUT2D eigenvalue weighted by Gasteiger charge is 2.21. The predicted molar refractivity (Wildman–Crippen MR) is 127 cm³/mol. The molecule has 10 heteroatoms. The molecule has 4 heterocycles. The van der Waals surface area contributed by atoms with Gasteiger partial charge in [0.25, 0.3) is 0 Å². The third kappa shape index (κ3) is 5.12. The molecule has 4 aromatic rings. The largest absolute Gasteiger partial charge is 0.397 e. The van der Waals surface area contributed by atoms with Gasteiger partial charge in [0, 0.05) is 51.2 Å². The van der Waals surface area contributed by atoms with Crippen LogP contribution in [0.2, 0.25) is 0 Å². The number of hydrogen-bond acceptors (Lipinski definition) is 10. The third-order valence-corrected chi connectivity index (χ3v) is 5.36. The van der Waals surface area contributed by atoms with Crippen LogP contribution in [0.1, 0.15) is 11.1 Å². The first-order valence-electron chi connectivity index (χ1n) is 10.7. The highest BCUT2D eigenvalue weighted by Crippen LogP contribution is 2.18. The van der Waals surface area contributed by atoms with E-state index in [1.54, 1.807) is 18.5 Å². The summed E-state index contributed by atoms with van der Waals surface area (Å²) in [6.07, 6.45) is 9.42. The average Bonchev–Trinajstić information content (AvgIpc) is 2.86. The fourth-order valence-corrected chi connectivity index (χ4v) is 3.70. The summed E-state index contributed by atoms with van der Waals surface area (Å²) in [7, 11) is 0. The van der Waals surface area contributed by atoms with Gasteiger partial charge in [0.1, 0.15) is 6.33 Å². The third-order valence-electron chi connectivity index (χ3n) is 5.36. The van der Waals surface area contributed by atoms with E-state index in [0.717, 1.165) is 49.8 Å². The van der Waals surface area contributed by atoms with Crippen LogP contribution in [0.3, 0.4) is 0 Å². The second-order valence-corrected chi connectivity index (χ2v) is 7.77. The maximum atomic E-state index is 5.78. The smallest absolute Gasteiger partial charge is 0.232 e. The summed E-state index contributed by atoms with van der Waals surface area (Å²) in [5.41, 5.74) is 9.43. The Labute approximate surface area is 191 Å². The number of nitrogens with one attached hydrogen (secondary N) is 1. The van der Waals surface area contributed by atoms with Gasteiger partial charge in [0.15, 0.2) is 0 Å². The van der Waals surface area contributed by atoms with Crippen LogP contribution in [0.15, 0.2) is 67.5 Å². The number of aromatic nitrogens is 6. The molecule has 1 aromatic carbocycles. The lowest BCUT2D eigenvalue weighted by Gasteiger charge is -2.34. The van der Waals surface area contributed by atoms with Gasteiger partial charge >= 0.3 is 0 Å². The van der Waals surface area contributed by atoms with E-state index in [4.69, 9.17) is 5.73 Å². The van der Waals surface area contributed by atoms with Gasteiger partial charge < -0.3 is 20.9 Å². The van der Waals surface area contributed by atoms with Crippen molar-refractivity contribution in [2.75, 3.05) is 47.0 Å². The minimum atomic E-state index is 0.451. The summed E-state index contributed by atoms with van der Waals surface area (Å²) in [5.74, 6) is 1.83. The van der Waals surface area contributed by atoms with Crippen molar-refractivity contribution < 1.29 is 0 Å². The molecule has 0 atom stereocenters. The molecular weight excluding hydrogens is 416 g/mol. The van der Waals surface area contributed by atoms with Crippen LogP contribution in [0.25, 0.3) is 0 Å². The number of rotatable bonds is 6. The van der Waals surface area contributed by atoms with Crippen molar-refractivity contribution in [3.8, 4) is 0 Å². The maximum absolute atomic E-state index is 5.78. The second-order valence-electron chi connectivity index (χ2n) is 7.77. The van der Waals surface area contributed by atoms with Gasteiger partial charge in [0.2, 0.25) is 17.8 Å². The van der Waals surface area contributed by atoms with E-state index in [1.165, 1.54) is 11.9 Å². The number of hydrogen-bond donors (Lipinski definition) is 2. The van der Waals surface area contributed by atoms with Gasteiger partial charge in [-0.05, 0) is 17.2 Å². The lowest BCUT2D eigenvalue weighted by atomic mass is 10.1. The highest BCUT2D eigenvalue weighted by atomic mass is 15.4. The Balaban J connectivity index is 1.19. The number of benzene rings is 1. The van der Waals surface area contributed by atoms with Gasteiger partial charge in [0.05, 0.1) is 17.6 Å². The molecule has 0 bridgehead atoms. The first-order valence-corrected chi connectivity index (χ1v) is 10.7. The van der Waals surface area contributed by atoms with E-state index in [1.807, 2.05) is 30.6 Å². The van der Waals surface area contributed by atoms with Crippen LogP contribution in [-0.2, 0) is 6.42 Å². The maximum Gasteiger partial charge on any atom is 0.232 e. The van der Waals surface area contributed by atoms with Crippen molar-refractivity contribution in [1.29, 1.82) is 0 Å². The molecule has 3 aromatic heterocycles. The quantitative estimate of drug-likeness (QED) is 0.462. The van der Waals surface area contributed by atoms with Crippen molar-refractivity contribution in [1.82, 2.24) is 29.9 Å². The summed E-state index contributed by atoms with van der Waals surface area (Å²) in [4.78, 5) is 30.7. The zero-order valence-corrected chi connectivity index (χ0v) is 18.0. The Morgan fingerprint density at radius 1 is 0.788 bits per heavy atom. The van der Waals surface area contributed by atoms with Crippen LogP contribution in [0.5, 0.6) is 0 Å². The number of anilines is 5. The molecule has 5 rings (SSSR count). The summed E-state index contributed by atoms with van der Waals surface area (Å²) in [6.45, 7) is 3.09. The molecule has 0 amide bonds. The topological polar surface area (TPSA) is 122 Å². The average molecular weight is 441 g/mol. The highest BCUT2D eigenvalue weighted by molar-refractivity contribution is 5.58. The molecule has 33 heavy (non-hydrogen) atoms. The lowest BCUT2D eigenvalue weighted by molar-refractivity contribution is 0.626. The van der Waals surface area contributed by atoms with E-state index >= 15 is 0 Å². The van der Waals surface area contributed by atoms with Crippen molar-refractivity contribution in [3.05, 3.63) is 78.6 Å². The molecule has 1 fully saturated rings. The van der Waals surface area contributed by atoms with Crippen molar-refractivity contribution in [3.63, 3.8) is 0 Å². The second kappa shape index (κ2) is 9.43. The Kier molecular flexibility index (Phi) is 5.87. The normalized spacial score (nSPS) is 13.7. The molecule has 0 spiro atoms. The van der Waals surface area contributed by atoms with Crippen LogP contribution in [0.4, 0.5) is 29.2 Å². The van der Waals surface area contributed by atoms with Gasteiger partial charge in [-0.25, -0.2) is 19.9 Å². The number of piperazine rings is 1. The van der Waals surface area contributed by atoms with Gasteiger partial charge in [-0.1, -0.05) is 30.3 Å². The van der Waals surface area contributed by atoms with Gasteiger partial charge in [-0.2, -0.15) is 4.98 Å². The Hall–Kier alpha value is -4.34. The number of nitrogen functional groups attached to an aromatic ring is 1. The molecule has 1 saturated heterocycles. The molecule has 1 aliphatic rings. The van der Waals surface area contributed by atoms with Crippen LogP contribution >= 0.6 is 0 Å². The summed E-state index contributed by atoms with van der Waals surface area (Å²) >= 11 is 0. The van der Waals surface area contributed by atoms with E-state index in [2.05, 4.69) is 57.2 Å². The van der Waals surface area contributed by atoms with Crippen molar-refractivity contribution in [2.24, 2.45) is 0 Å². The SMILES string of the molecule is Nc1cncc(Nc2ncnc(N3CCN(c4ncc(Cc5ccccc5)cn4)CC3)n2)c1. The first kappa shape index (κ1) is 20.6. The molecular formula is C23H24N10. The van der Waals surface area contributed by atoms with Crippen molar-refractivity contribution in [2.45, 2.75) is 6.42 Å². The Morgan fingerprint density at radius 2 is 1.52 bits per heavy atom.